The minimum absolute atomic E-state index is 0.250. The molecule has 0 bridgehead atoms. The molecule has 0 radical (unpaired) electrons. The largest absolute Gasteiger partial charge is 0.411 e. The predicted octanol–water partition coefficient (Wildman–Crippen LogP) is 2.95. The molecular formula is C15H27F3N2O. The van der Waals surface area contributed by atoms with Gasteiger partial charge in [0.15, 0.2) is 0 Å². The molecule has 0 amide bonds. The molecule has 1 N–H and O–H groups in total. The lowest BCUT2D eigenvalue weighted by molar-refractivity contribution is -0.188. The van der Waals surface area contributed by atoms with Crippen LogP contribution in [0.1, 0.15) is 46.0 Å². The van der Waals surface area contributed by atoms with E-state index in [2.05, 4.69) is 24.1 Å². The summed E-state index contributed by atoms with van der Waals surface area (Å²) in [6, 6.07) is 1.33. The van der Waals surface area contributed by atoms with Gasteiger partial charge in [-0.25, -0.2) is 0 Å². The smallest absolute Gasteiger partial charge is 0.369 e. The normalized spacial score (nSPS) is 32.0. The maximum atomic E-state index is 12.2. The lowest BCUT2D eigenvalue weighted by Crippen LogP contribution is -2.44. The van der Waals surface area contributed by atoms with Crippen molar-refractivity contribution in [2.75, 3.05) is 19.7 Å². The molecule has 0 spiro atoms. The molecule has 3 nitrogen and oxygen atoms in total. The van der Waals surface area contributed by atoms with E-state index >= 15 is 0 Å². The summed E-state index contributed by atoms with van der Waals surface area (Å²) >= 11 is 0. The molecule has 0 aromatic carbocycles. The standard InChI is InChI=1S/C15H27F3N2O/c1-11(2)20-7-6-13(9-20)19-12-4-3-5-14(8-12)21-10-15(16,17)18/h11-14,19H,3-10H2,1-2H3. The van der Waals surface area contributed by atoms with Gasteiger partial charge in [-0.1, -0.05) is 0 Å². The first-order valence-electron chi connectivity index (χ1n) is 8.02. The lowest BCUT2D eigenvalue weighted by atomic mass is 9.92. The molecule has 21 heavy (non-hydrogen) atoms. The van der Waals surface area contributed by atoms with Crippen LogP contribution < -0.4 is 5.32 Å². The van der Waals surface area contributed by atoms with Gasteiger partial charge in [-0.05, 0) is 52.5 Å². The number of ether oxygens (including phenoxy) is 1. The summed E-state index contributed by atoms with van der Waals surface area (Å²) in [4.78, 5) is 2.44. The van der Waals surface area contributed by atoms with Crippen molar-refractivity contribution in [3.8, 4) is 0 Å². The van der Waals surface area contributed by atoms with Gasteiger partial charge >= 0.3 is 6.18 Å². The summed E-state index contributed by atoms with van der Waals surface area (Å²) in [5.74, 6) is 0. The summed E-state index contributed by atoms with van der Waals surface area (Å²) in [7, 11) is 0. The Bertz CT molecular complexity index is 323. The second-order valence-corrected chi connectivity index (χ2v) is 6.65. The molecule has 1 heterocycles. The van der Waals surface area contributed by atoms with Crippen molar-refractivity contribution in [1.29, 1.82) is 0 Å². The Morgan fingerprint density at radius 1 is 1.19 bits per heavy atom. The summed E-state index contributed by atoms with van der Waals surface area (Å²) < 4.78 is 41.6. The average molecular weight is 308 g/mol. The van der Waals surface area contributed by atoms with Gasteiger partial charge in [0.25, 0.3) is 0 Å². The molecule has 0 aromatic rings. The summed E-state index contributed by atoms with van der Waals surface area (Å²) in [5.41, 5.74) is 0. The second kappa shape index (κ2) is 7.29. The highest BCUT2D eigenvalue weighted by Crippen LogP contribution is 2.25. The predicted molar refractivity (Wildman–Crippen MR) is 76.3 cm³/mol. The Morgan fingerprint density at radius 2 is 1.95 bits per heavy atom. The van der Waals surface area contributed by atoms with Gasteiger partial charge in [-0.2, -0.15) is 13.2 Å². The van der Waals surface area contributed by atoms with E-state index in [1.807, 2.05) is 0 Å². The zero-order valence-electron chi connectivity index (χ0n) is 13.0. The van der Waals surface area contributed by atoms with Crippen LogP contribution in [0.15, 0.2) is 0 Å². The van der Waals surface area contributed by atoms with Crippen molar-refractivity contribution >= 4 is 0 Å². The van der Waals surface area contributed by atoms with Crippen molar-refractivity contribution in [2.24, 2.45) is 0 Å². The first-order valence-corrected chi connectivity index (χ1v) is 8.02. The Balaban J connectivity index is 1.72. The number of rotatable bonds is 5. The van der Waals surface area contributed by atoms with Gasteiger partial charge in [0.2, 0.25) is 0 Å². The molecule has 2 aliphatic rings. The summed E-state index contributed by atoms with van der Waals surface area (Å²) in [6.07, 6.45) is 0.100. The molecule has 0 aromatic heterocycles. The number of halogens is 3. The highest BCUT2D eigenvalue weighted by atomic mass is 19.4. The Labute approximate surface area is 125 Å². The third kappa shape index (κ3) is 5.75. The van der Waals surface area contributed by atoms with E-state index in [0.717, 1.165) is 38.8 Å². The van der Waals surface area contributed by atoms with Gasteiger partial charge < -0.3 is 10.1 Å². The number of nitrogens with one attached hydrogen (secondary N) is 1. The highest BCUT2D eigenvalue weighted by Gasteiger charge is 2.32. The molecule has 1 aliphatic heterocycles. The maximum absolute atomic E-state index is 12.2. The molecule has 1 aliphatic carbocycles. The number of hydrogen-bond acceptors (Lipinski definition) is 3. The molecule has 2 fully saturated rings. The van der Waals surface area contributed by atoms with Crippen LogP contribution >= 0.6 is 0 Å². The number of alkyl halides is 3. The van der Waals surface area contributed by atoms with E-state index in [1.54, 1.807) is 0 Å². The Morgan fingerprint density at radius 3 is 2.57 bits per heavy atom. The van der Waals surface area contributed by atoms with Crippen LogP contribution in [0.25, 0.3) is 0 Å². The van der Waals surface area contributed by atoms with Crippen LogP contribution in [-0.4, -0.2) is 55.0 Å². The van der Waals surface area contributed by atoms with E-state index in [0.29, 0.717) is 24.5 Å². The molecular weight excluding hydrogens is 281 g/mol. The second-order valence-electron chi connectivity index (χ2n) is 6.65. The molecule has 3 atom stereocenters. The monoisotopic (exact) mass is 308 g/mol. The maximum Gasteiger partial charge on any atom is 0.411 e. The van der Waals surface area contributed by atoms with Crippen molar-refractivity contribution in [1.82, 2.24) is 10.2 Å². The molecule has 1 saturated heterocycles. The quantitative estimate of drug-likeness (QED) is 0.845. The van der Waals surface area contributed by atoms with Gasteiger partial charge in [0.1, 0.15) is 6.61 Å². The average Bonchev–Trinajstić information content (AvgIpc) is 2.85. The third-order valence-electron chi connectivity index (χ3n) is 4.53. The van der Waals surface area contributed by atoms with Crippen LogP contribution in [0.2, 0.25) is 0 Å². The van der Waals surface area contributed by atoms with Crippen molar-refractivity contribution in [3.05, 3.63) is 0 Å². The molecule has 6 heteroatoms. The number of likely N-dealkylation sites (tertiary alicyclic amines) is 1. The van der Waals surface area contributed by atoms with Crippen LogP contribution in [0.4, 0.5) is 13.2 Å². The van der Waals surface area contributed by atoms with Crippen molar-refractivity contribution < 1.29 is 17.9 Å². The minimum Gasteiger partial charge on any atom is -0.369 e. The van der Waals surface area contributed by atoms with Crippen molar-refractivity contribution in [2.45, 2.75) is 76.4 Å². The highest BCUT2D eigenvalue weighted by molar-refractivity contribution is 4.87. The lowest BCUT2D eigenvalue weighted by Gasteiger charge is -2.32. The first-order chi connectivity index (χ1) is 9.83. The van der Waals surface area contributed by atoms with E-state index in [1.165, 1.54) is 0 Å². The van der Waals surface area contributed by atoms with Gasteiger partial charge in [-0.3, -0.25) is 4.90 Å². The number of hydrogen-bond donors (Lipinski definition) is 1. The van der Waals surface area contributed by atoms with E-state index in [4.69, 9.17) is 4.74 Å². The Kier molecular flexibility index (Phi) is 5.91. The minimum atomic E-state index is -4.22. The van der Waals surface area contributed by atoms with Gasteiger partial charge in [0.05, 0.1) is 6.10 Å². The van der Waals surface area contributed by atoms with E-state index in [-0.39, 0.29) is 6.10 Å². The van der Waals surface area contributed by atoms with Crippen molar-refractivity contribution in [3.63, 3.8) is 0 Å². The molecule has 2 rings (SSSR count). The zero-order chi connectivity index (χ0) is 15.5. The number of nitrogens with zero attached hydrogens (tertiary/aromatic N) is 1. The van der Waals surface area contributed by atoms with Crippen LogP contribution in [0, 0.1) is 0 Å². The van der Waals surface area contributed by atoms with Crippen LogP contribution in [0.5, 0.6) is 0 Å². The molecule has 1 saturated carbocycles. The fraction of sp³-hybridized carbons (Fsp3) is 1.00. The fourth-order valence-corrected chi connectivity index (χ4v) is 3.39. The zero-order valence-corrected chi connectivity index (χ0v) is 13.0. The Hall–Kier alpha value is -0.330. The molecule has 124 valence electrons. The van der Waals surface area contributed by atoms with Gasteiger partial charge in [0, 0.05) is 24.7 Å². The van der Waals surface area contributed by atoms with Crippen LogP contribution in [0.3, 0.4) is 0 Å². The SMILES string of the molecule is CC(C)N1CCC(NC2CCCC(OCC(F)(F)F)C2)C1. The van der Waals surface area contributed by atoms with E-state index in [9.17, 15) is 13.2 Å². The summed E-state index contributed by atoms with van der Waals surface area (Å²) in [6.45, 7) is 5.43. The topological polar surface area (TPSA) is 24.5 Å². The van der Waals surface area contributed by atoms with E-state index < -0.39 is 12.8 Å². The molecule has 3 unspecified atom stereocenters. The fourth-order valence-electron chi connectivity index (χ4n) is 3.39. The first kappa shape index (κ1) is 17.0. The third-order valence-corrected chi connectivity index (χ3v) is 4.53. The summed E-state index contributed by atoms with van der Waals surface area (Å²) in [5, 5.41) is 3.63. The van der Waals surface area contributed by atoms with Crippen LogP contribution in [-0.2, 0) is 4.74 Å². The van der Waals surface area contributed by atoms with Gasteiger partial charge in [-0.15, -0.1) is 0 Å².